The molecule has 0 fully saturated rings. The SMILES string of the molecule is CCCCCOc1cc2c(cc1OCC)c1cc(OCCCCC)c(OCC)cc1c1cc(OCCCCC)c(OCC)cc21. The molecular weight excluding hydrogens is 564 g/mol. The molecule has 0 saturated heterocycles. The van der Waals surface area contributed by atoms with Gasteiger partial charge in [0.25, 0.3) is 0 Å². The van der Waals surface area contributed by atoms with Crippen LogP contribution >= 0.6 is 0 Å². The summed E-state index contributed by atoms with van der Waals surface area (Å²) in [6, 6.07) is 12.8. The molecule has 0 radical (unpaired) electrons. The van der Waals surface area contributed by atoms with Gasteiger partial charge in [0.05, 0.1) is 39.6 Å². The number of fused-ring (bicyclic) bond motifs is 6. The zero-order valence-corrected chi connectivity index (χ0v) is 28.5. The predicted octanol–water partition coefficient (Wildman–Crippen LogP) is 11.0. The lowest BCUT2D eigenvalue weighted by atomic mass is 9.93. The Hall–Kier alpha value is -3.54. The third-order valence-electron chi connectivity index (χ3n) is 8.04. The monoisotopic (exact) mass is 618 g/mol. The van der Waals surface area contributed by atoms with Crippen LogP contribution in [0.15, 0.2) is 36.4 Å². The maximum absolute atomic E-state index is 6.36. The molecule has 0 bridgehead atoms. The second-order valence-corrected chi connectivity index (χ2v) is 11.5. The van der Waals surface area contributed by atoms with Crippen molar-refractivity contribution in [3.05, 3.63) is 36.4 Å². The largest absolute Gasteiger partial charge is 0.490 e. The van der Waals surface area contributed by atoms with E-state index < -0.39 is 0 Å². The van der Waals surface area contributed by atoms with E-state index in [1.54, 1.807) is 0 Å². The van der Waals surface area contributed by atoms with Gasteiger partial charge >= 0.3 is 0 Å². The van der Waals surface area contributed by atoms with Crippen LogP contribution in [0.2, 0.25) is 0 Å². The fraction of sp³-hybridized carbons (Fsp3) is 0.538. The molecule has 0 atom stereocenters. The molecular formula is C39H54O6. The molecule has 0 saturated carbocycles. The van der Waals surface area contributed by atoms with Crippen molar-refractivity contribution in [2.75, 3.05) is 39.6 Å². The van der Waals surface area contributed by atoms with Gasteiger partial charge in [-0.2, -0.15) is 0 Å². The summed E-state index contributed by atoms with van der Waals surface area (Å²) in [7, 11) is 0. The van der Waals surface area contributed by atoms with Crippen molar-refractivity contribution in [1.29, 1.82) is 0 Å². The van der Waals surface area contributed by atoms with Gasteiger partial charge in [-0.1, -0.05) is 59.3 Å². The van der Waals surface area contributed by atoms with E-state index in [1.165, 1.54) is 0 Å². The van der Waals surface area contributed by atoms with Gasteiger partial charge in [-0.3, -0.25) is 0 Å². The Morgan fingerprint density at radius 1 is 0.311 bits per heavy atom. The zero-order chi connectivity index (χ0) is 32.0. The number of hydrogen-bond acceptors (Lipinski definition) is 6. The van der Waals surface area contributed by atoms with Crippen LogP contribution in [0.4, 0.5) is 0 Å². The van der Waals surface area contributed by atoms with Crippen LogP contribution < -0.4 is 28.4 Å². The van der Waals surface area contributed by atoms with Crippen LogP contribution in [-0.2, 0) is 0 Å². The smallest absolute Gasteiger partial charge is 0.161 e. The Balaban J connectivity index is 2.01. The molecule has 0 aliphatic rings. The Morgan fingerprint density at radius 3 is 0.733 bits per heavy atom. The lowest BCUT2D eigenvalue weighted by molar-refractivity contribution is 0.271. The lowest BCUT2D eigenvalue weighted by Gasteiger charge is -2.20. The molecule has 45 heavy (non-hydrogen) atoms. The molecule has 246 valence electrons. The highest BCUT2D eigenvalue weighted by Gasteiger charge is 2.20. The fourth-order valence-corrected chi connectivity index (χ4v) is 5.76. The van der Waals surface area contributed by atoms with Crippen molar-refractivity contribution in [2.24, 2.45) is 0 Å². The van der Waals surface area contributed by atoms with Crippen molar-refractivity contribution >= 4 is 32.3 Å². The quantitative estimate of drug-likeness (QED) is 0.0684. The molecule has 4 rings (SSSR count). The van der Waals surface area contributed by atoms with Gasteiger partial charge in [0.1, 0.15) is 0 Å². The third kappa shape index (κ3) is 8.59. The molecule has 0 aliphatic heterocycles. The molecule has 4 aromatic rings. The third-order valence-corrected chi connectivity index (χ3v) is 8.04. The average Bonchev–Trinajstić information content (AvgIpc) is 3.04. The molecule has 4 aromatic carbocycles. The summed E-state index contributed by atoms with van der Waals surface area (Å²) in [5, 5.41) is 6.44. The van der Waals surface area contributed by atoms with E-state index >= 15 is 0 Å². The van der Waals surface area contributed by atoms with Crippen LogP contribution in [0, 0.1) is 0 Å². The maximum atomic E-state index is 6.36. The molecule has 0 unspecified atom stereocenters. The molecule has 6 heteroatoms. The topological polar surface area (TPSA) is 55.4 Å². The highest BCUT2D eigenvalue weighted by atomic mass is 16.5. The van der Waals surface area contributed by atoms with Crippen LogP contribution in [0.1, 0.15) is 99.3 Å². The van der Waals surface area contributed by atoms with Crippen molar-refractivity contribution in [1.82, 2.24) is 0 Å². The van der Waals surface area contributed by atoms with Crippen LogP contribution in [0.25, 0.3) is 32.3 Å². The molecule has 0 aromatic heterocycles. The highest BCUT2D eigenvalue weighted by Crippen LogP contribution is 2.47. The standard InChI is InChI=1S/C39H54O6/c1-7-13-16-19-43-37-25-31-28(22-34(37)40-10-4)32-26-38(44-20-17-14-8-2)36(42-12-6)24-30(32)33-27-39(45-21-18-15-9-3)35(41-11-5)23-29(31)33/h22-27H,7-21H2,1-6H3. The number of rotatable bonds is 21. The van der Waals surface area contributed by atoms with Gasteiger partial charge in [-0.15, -0.1) is 0 Å². The van der Waals surface area contributed by atoms with E-state index in [2.05, 4.69) is 57.2 Å². The molecule has 0 spiro atoms. The van der Waals surface area contributed by atoms with Crippen LogP contribution in [-0.4, -0.2) is 39.6 Å². The van der Waals surface area contributed by atoms with E-state index in [1.807, 2.05) is 20.8 Å². The van der Waals surface area contributed by atoms with E-state index in [9.17, 15) is 0 Å². The summed E-state index contributed by atoms with van der Waals surface area (Å²) in [4.78, 5) is 0. The first-order valence-electron chi connectivity index (χ1n) is 17.4. The van der Waals surface area contributed by atoms with Crippen molar-refractivity contribution in [2.45, 2.75) is 99.3 Å². The highest BCUT2D eigenvalue weighted by molar-refractivity contribution is 6.26. The minimum atomic E-state index is 0.551. The van der Waals surface area contributed by atoms with E-state index in [-0.39, 0.29) is 0 Å². The van der Waals surface area contributed by atoms with E-state index in [4.69, 9.17) is 28.4 Å². The van der Waals surface area contributed by atoms with Crippen molar-refractivity contribution < 1.29 is 28.4 Å². The fourth-order valence-electron chi connectivity index (χ4n) is 5.76. The van der Waals surface area contributed by atoms with Crippen LogP contribution in [0.3, 0.4) is 0 Å². The Kier molecular flexibility index (Phi) is 13.6. The van der Waals surface area contributed by atoms with E-state index in [0.29, 0.717) is 39.6 Å². The zero-order valence-electron chi connectivity index (χ0n) is 28.5. The molecule has 0 amide bonds. The molecule has 0 heterocycles. The van der Waals surface area contributed by atoms with E-state index in [0.717, 1.165) is 125 Å². The minimum Gasteiger partial charge on any atom is -0.490 e. The summed E-state index contributed by atoms with van der Waals surface area (Å²) < 4.78 is 37.6. The molecule has 0 N–H and O–H groups in total. The normalized spacial score (nSPS) is 11.3. The van der Waals surface area contributed by atoms with Gasteiger partial charge < -0.3 is 28.4 Å². The summed E-state index contributed by atoms with van der Waals surface area (Å²) >= 11 is 0. The second kappa shape index (κ2) is 17.8. The first-order chi connectivity index (χ1) is 22.1. The summed E-state index contributed by atoms with van der Waals surface area (Å²) in [6.07, 6.45) is 9.84. The summed E-state index contributed by atoms with van der Waals surface area (Å²) in [6.45, 7) is 16.3. The number of hydrogen-bond donors (Lipinski definition) is 0. The molecule has 0 aliphatic carbocycles. The average molecular weight is 619 g/mol. The first kappa shape index (κ1) is 34.3. The van der Waals surface area contributed by atoms with Gasteiger partial charge in [-0.25, -0.2) is 0 Å². The predicted molar refractivity (Wildman–Crippen MR) is 188 cm³/mol. The van der Waals surface area contributed by atoms with Gasteiger partial charge in [0.15, 0.2) is 34.5 Å². The number of unbranched alkanes of at least 4 members (excludes halogenated alkanes) is 6. The Labute approximate surface area is 270 Å². The van der Waals surface area contributed by atoms with Crippen molar-refractivity contribution in [3.8, 4) is 34.5 Å². The van der Waals surface area contributed by atoms with Crippen LogP contribution in [0.5, 0.6) is 34.5 Å². The van der Waals surface area contributed by atoms with Gasteiger partial charge in [-0.05, 0) is 109 Å². The minimum absolute atomic E-state index is 0.551. The summed E-state index contributed by atoms with van der Waals surface area (Å²) in [5.41, 5.74) is 0. The second-order valence-electron chi connectivity index (χ2n) is 11.5. The first-order valence-corrected chi connectivity index (χ1v) is 17.4. The van der Waals surface area contributed by atoms with Gasteiger partial charge in [0.2, 0.25) is 0 Å². The summed E-state index contributed by atoms with van der Waals surface area (Å²) in [5.74, 6) is 4.55. The van der Waals surface area contributed by atoms with Gasteiger partial charge in [0, 0.05) is 0 Å². The lowest BCUT2D eigenvalue weighted by Crippen LogP contribution is -2.03. The maximum Gasteiger partial charge on any atom is 0.161 e. The number of ether oxygens (including phenoxy) is 6. The van der Waals surface area contributed by atoms with Crippen molar-refractivity contribution in [3.63, 3.8) is 0 Å². The number of benzene rings is 4. The Bertz CT molecular complexity index is 1300. The Morgan fingerprint density at radius 2 is 0.533 bits per heavy atom. The molecule has 6 nitrogen and oxygen atoms in total.